The van der Waals surface area contributed by atoms with Crippen molar-refractivity contribution in [2.75, 3.05) is 33.0 Å². The van der Waals surface area contributed by atoms with Crippen molar-refractivity contribution in [3.05, 3.63) is 23.9 Å². The number of aromatic nitrogens is 1. The molecule has 23 heavy (non-hydrogen) atoms. The van der Waals surface area contributed by atoms with Crippen LogP contribution in [-0.4, -0.2) is 49.5 Å². The molecule has 0 unspecified atom stereocenters. The lowest BCUT2D eigenvalue weighted by Crippen LogP contribution is -2.25. The minimum atomic E-state index is -0.180. The van der Waals surface area contributed by atoms with Crippen molar-refractivity contribution in [3.8, 4) is 5.88 Å². The van der Waals surface area contributed by atoms with Crippen LogP contribution >= 0.6 is 0 Å². The minimum Gasteiger partial charge on any atom is -0.475 e. The van der Waals surface area contributed by atoms with Gasteiger partial charge < -0.3 is 19.5 Å². The smallest absolute Gasteiger partial charge is 0.252 e. The summed E-state index contributed by atoms with van der Waals surface area (Å²) in [6.45, 7) is 10.8. The second-order valence-corrected chi connectivity index (χ2v) is 6.00. The second-order valence-electron chi connectivity index (χ2n) is 6.00. The van der Waals surface area contributed by atoms with Gasteiger partial charge in [-0.3, -0.25) is 4.79 Å². The van der Waals surface area contributed by atoms with Gasteiger partial charge in [-0.2, -0.15) is 0 Å². The summed E-state index contributed by atoms with van der Waals surface area (Å²) in [4.78, 5) is 16.0. The molecule has 0 bridgehead atoms. The highest BCUT2D eigenvalue weighted by molar-refractivity contribution is 5.93. The Labute approximate surface area is 138 Å². The highest BCUT2D eigenvalue weighted by Gasteiger charge is 2.10. The maximum Gasteiger partial charge on any atom is 0.252 e. The van der Waals surface area contributed by atoms with Gasteiger partial charge in [0.25, 0.3) is 5.91 Å². The van der Waals surface area contributed by atoms with E-state index >= 15 is 0 Å². The standard InChI is InChI=1S/C17H28N2O4/c1-5-21-10-6-9-18-16(20)14-7-8-15(19-13-14)22-11-12-23-17(2,3)4/h7-8,13H,5-6,9-12H2,1-4H3,(H,18,20). The zero-order valence-corrected chi connectivity index (χ0v) is 14.6. The predicted octanol–water partition coefficient (Wildman–Crippen LogP) is 2.43. The molecule has 0 aromatic carbocycles. The molecule has 1 aromatic rings. The number of carbonyl (C=O) groups is 1. The third-order valence-electron chi connectivity index (χ3n) is 2.82. The third-order valence-corrected chi connectivity index (χ3v) is 2.82. The highest BCUT2D eigenvalue weighted by Crippen LogP contribution is 2.09. The zero-order valence-electron chi connectivity index (χ0n) is 14.6. The molecule has 1 rings (SSSR count). The van der Waals surface area contributed by atoms with Gasteiger partial charge in [0, 0.05) is 32.0 Å². The molecular weight excluding hydrogens is 296 g/mol. The lowest BCUT2D eigenvalue weighted by Gasteiger charge is -2.19. The number of nitrogens with one attached hydrogen (secondary N) is 1. The quantitative estimate of drug-likeness (QED) is 0.669. The average molecular weight is 324 g/mol. The fourth-order valence-corrected chi connectivity index (χ4v) is 1.72. The van der Waals surface area contributed by atoms with Crippen molar-refractivity contribution in [2.45, 2.75) is 39.7 Å². The van der Waals surface area contributed by atoms with Crippen LogP contribution in [0, 0.1) is 0 Å². The number of rotatable bonds is 10. The normalized spacial score (nSPS) is 11.3. The number of hydrogen-bond acceptors (Lipinski definition) is 5. The summed E-state index contributed by atoms with van der Waals surface area (Å²) in [6, 6.07) is 3.39. The number of nitrogens with zero attached hydrogens (tertiary/aromatic N) is 1. The summed E-state index contributed by atoms with van der Waals surface area (Å²) in [5.74, 6) is 0.340. The van der Waals surface area contributed by atoms with Crippen molar-refractivity contribution in [3.63, 3.8) is 0 Å². The lowest BCUT2D eigenvalue weighted by atomic mass is 10.2. The Morgan fingerprint density at radius 2 is 2.00 bits per heavy atom. The Morgan fingerprint density at radius 3 is 2.61 bits per heavy atom. The Hall–Kier alpha value is -1.66. The van der Waals surface area contributed by atoms with E-state index in [9.17, 15) is 4.79 Å². The number of pyridine rings is 1. The van der Waals surface area contributed by atoms with Crippen LogP contribution in [0.15, 0.2) is 18.3 Å². The molecule has 0 saturated carbocycles. The fourth-order valence-electron chi connectivity index (χ4n) is 1.72. The van der Waals surface area contributed by atoms with Crippen LogP contribution in [0.3, 0.4) is 0 Å². The fraction of sp³-hybridized carbons (Fsp3) is 0.647. The average Bonchev–Trinajstić information content (AvgIpc) is 2.51. The van der Waals surface area contributed by atoms with Crippen LogP contribution in [0.2, 0.25) is 0 Å². The third kappa shape index (κ3) is 9.15. The minimum absolute atomic E-state index is 0.142. The summed E-state index contributed by atoms with van der Waals surface area (Å²) < 4.78 is 16.2. The molecule has 6 heteroatoms. The van der Waals surface area contributed by atoms with Gasteiger partial charge in [-0.25, -0.2) is 4.98 Å². The molecular formula is C17H28N2O4. The van der Waals surface area contributed by atoms with Crippen LogP contribution < -0.4 is 10.1 Å². The topological polar surface area (TPSA) is 69.7 Å². The van der Waals surface area contributed by atoms with Crippen molar-refractivity contribution < 1.29 is 19.0 Å². The van der Waals surface area contributed by atoms with E-state index in [0.29, 0.717) is 44.4 Å². The van der Waals surface area contributed by atoms with Gasteiger partial charge in [0.2, 0.25) is 5.88 Å². The summed E-state index contributed by atoms with van der Waals surface area (Å²) >= 11 is 0. The summed E-state index contributed by atoms with van der Waals surface area (Å²) in [7, 11) is 0. The first kappa shape index (κ1) is 19.4. The number of carbonyl (C=O) groups excluding carboxylic acids is 1. The van der Waals surface area contributed by atoms with Crippen molar-refractivity contribution in [1.82, 2.24) is 10.3 Å². The van der Waals surface area contributed by atoms with E-state index in [-0.39, 0.29) is 11.5 Å². The summed E-state index contributed by atoms with van der Waals surface area (Å²) in [6.07, 6.45) is 2.31. The summed E-state index contributed by atoms with van der Waals surface area (Å²) in [5.41, 5.74) is 0.334. The first-order valence-electron chi connectivity index (χ1n) is 8.01. The van der Waals surface area contributed by atoms with Gasteiger partial charge in [-0.1, -0.05) is 0 Å². The molecule has 0 fully saturated rings. The number of ether oxygens (including phenoxy) is 3. The molecule has 0 saturated heterocycles. The molecule has 1 aromatic heterocycles. The highest BCUT2D eigenvalue weighted by atomic mass is 16.5. The van der Waals surface area contributed by atoms with Gasteiger partial charge in [0.1, 0.15) is 6.61 Å². The molecule has 1 N–H and O–H groups in total. The molecule has 130 valence electrons. The maximum atomic E-state index is 11.9. The zero-order chi connectivity index (χ0) is 17.1. The maximum absolute atomic E-state index is 11.9. The first-order chi connectivity index (χ1) is 10.9. The van der Waals surface area contributed by atoms with Gasteiger partial charge in [0.05, 0.1) is 17.8 Å². The van der Waals surface area contributed by atoms with E-state index in [1.165, 1.54) is 6.20 Å². The molecule has 0 aliphatic heterocycles. The van der Waals surface area contributed by atoms with Crippen LogP contribution in [0.5, 0.6) is 5.88 Å². The van der Waals surface area contributed by atoms with Gasteiger partial charge in [0.15, 0.2) is 0 Å². The predicted molar refractivity (Wildman–Crippen MR) is 88.9 cm³/mol. The molecule has 0 aliphatic carbocycles. The van der Waals surface area contributed by atoms with E-state index in [2.05, 4.69) is 10.3 Å². The van der Waals surface area contributed by atoms with Crippen molar-refractivity contribution in [2.24, 2.45) is 0 Å². The van der Waals surface area contributed by atoms with Crippen LogP contribution in [0.4, 0.5) is 0 Å². The van der Waals surface area contributed by atoms with Crippen molar-refractivity contribution in [1.29, 1.82) is 0 Å². The Bertz CT molecular complexity index is 455. The monoisotopic (exact) mass is 324 g/mol. The molecule has 6 nitrogen and oxygen atoms in total. The van der Waals surface area contributed by atoms with Crippen LogP contribution in [0.25, 0.3) is 0 Å². The molecule has 0 radical (unpaired) electrons. The van der Waals surface area contributed by atoms with E-state index in [4.69, 9.17) is 14.2 Å². The van der Waals surface area contributed by atoms with E-state index in [1.807, 2.05) is 27.7 Å². The van der Waals surface area contributed by atoms with Gasteiger partial charge in [-0.05, 0) is 40.2 Å². The summed E-state index contributed by atoms with van der Waals surface area (Å²) in [5, 5.41) is 2.83. The van der Waals surface area contributed by atoms with E-state index in [1.54, 1.807) is 12.1 Å². The van der Waals surface area contributed by atoms with Crippen LogP contribution in [-0.2, 0) is 9.47 Å². The Balaban J connectivity index is 2.28. The van der Waals surface area contributed by atoms with Crippen LogP contribution in [0.1, 0.15) is 44.5 Å². The second kappa shape index (κ2) is 10.2. The molecule has 1 amide bonds. The van der Waals surface area contributed by atoms with E-state index < -0.39 is 0 Å². The Kier molecular flexibility index (Phi) is 8.58. The SMILES string of the molecule is CCOCCCNC(=O)c1ccc(OCCOC(C)(C)C)nc1. The molecule has 0 spiro atoms. The largest absolute Gasteiger partial charge is 0.475 e. The molecule has 0 atom stereocenters. The van der Waals surface area contributed by atoms with Crippen molar-refractivity contribution >= 4 is 5.91 Å². The van der Waals surface area contributed by atoms with Gasteiger partial charge >= 0.3 is 0 Å². The molecule has 1 heterocycles. The lowest BCUT2D eigenvalue weighted by molar-refractivity contribution is -0.0168. The van der Waals surface area contributed by atoms with E-state index in [0.717, 1.165) is 6.42 Å². The first-order valence-corrected chi connectivity index (χ1v) is 8.01. The molecule has 0 aliphatic rings. The number of hydrogen-bond donors (Lipinski definition) is 1. The van der Waals surface area contributed by atoms with Gasteiger partial charge in [-0.15, -0.1) is 0 Å². The Morgan fingerprint density at radius 1 is 1.22 bits per heavy atom. The number of amides is 1.